The SMILES string of the molecule is O=C(CSc1nsnc1-c1ccc(Cl)cc1)N1CCCCC1CCO. The van der Waals surface area contributed by atoms with Gasteiger partial charge in [0.1, 0.15) is 10.7 Å². The van der Waals surface area contributed by atoms with Crippen LogP contribution in [-0.4, -0.2) is 49.6 Å². The van der Waals surface area contributed by atoms with E-state index in [4.69, 9.17) is 11.6 Å². The van der Waals surface area contributed by atoms with Gasteiger partial charge in [0.05, 0.1) is 17.5 Å². The van der Waals surface area contributed by atoms with Crippen LogP contribution in [0.5, 0.6) is 0 Å². The number of hydrogen-bond donors (Lipinski definition) is 1. The van der Waals surface area contributed by atoms with E-state index in [1.165, 1.54) is 11.8 Å². The molecule has 8 heteroatoms. The average molecular weight is 398 g/mol. The third-order valence-corrected chi connectivity index (χ3v) is 6.16. The van der Waals surface area contributed by atoms with Crippen molar-refractivity contribution < 1.29 is 9.90 Å². The minimum absolute atomic E-state index is 0.109. The monoisotopic (exact) mass is 397 g/mol. The Morgan fingerprint density at radius 3 is 2.88 bits per heavy atom. The lowest BCUT2D eigenvalue weighted by atomic mass is 10.00. The number of amides is 1. The van der Waals surface area contributed by atoms with Crippen LogP contribution in [0.3, 0.4) is 0 Å². The summed E-state index contributed by atoms with van der Waals surface area (Å²) in [6.45, 7) is 0.904. The maximum absolute atomic E-state index is 12.6. The Balaban J connectivity index is 1.64. The molecule has 0 spiro atoms. The van der Waals surface area contributed by atoms with E-state index in [2.05, 4.69) is 8.75 Å². The Hall–Kier alpha value is -1.15. The molecule has 1 N–H and O–H groups in total. The van der Waals surface area contributed by atoms with Gasteiger partial charge in [0, 0.05) is 29.8 Å². The maximum Gasteiger partial charge on any atom is 0.233 e. The van der Waals surface area contributed by atoms with Crippen LogP contribution in [0.25, 0.3) is 11.3 Å². The summed E-state index contributed by atoms with van der Waals surface area (Å²) in [6.07, 6.45) is 3.79. The van der Waals surface area contributed by atoms with Crippen molar-refractivity contribution in [2.24, 2.45) is 0 Å². The van der Waals surface area contributed by atoms with Crippen molar-refractivity contribution in [3.8, 4) is 11.3 Å². The molecule has 1 fully saturated rings. The molecule has 25 heavy (non-hydrogen) atoms. The minimum Gasteiger partial charge on any atom is -0.396 e. The molecule has 2 heterocycles. The second-order valence-corrected chi connectivity index (χ2v) is 7.89. The predicted octanol–water partition coefficient (Wildman–Crippen LogP) is 3.71. The van der Waals surface area contributed by atoms with E-state index < -0.39 is 0 Å². The lowest BCUT2D eigenvalue weighted by Crippen LogP contribution is -2.45. The highest BCUT2D eigenvalue weighted by atomic mass is 35.5. The zero-order chi connectivity index (χ0) is 17.6. The molecule has 2 aromatic rings. The van der Waals surface area contributed by atoms with Gasteiger partial charge in [0.25, 0.3) is 0 Å². The molecular weight excluding hydrogens is 378 g/mol. The van der Waals surface area contributed by atoms with E-state index in [-0.39, 0.29) is 18.6 Å². The smallest absolute Gasteiger partial charge is 0.233 e. The van der Waals surface area contributed by atoms with E-state index in [1.807, 2.05) is 29.2 Å². The number of aliphatic hydroxyl groups excluding tert-OH is 1. The number of hydrogen-bond acceptors (Lipinski definition) is 6. The number of rotatable bonds is 6. The molecule has 0 radical (unpaired) electrons. The summed E-state index contributed by atoms with van der Waals surface area (Å²) in [5.74, 6) is 0.451. The molecule has 3 rings (SSSR count). The molecule has 1 unspecified atom stereocenters. The van der Waals surface area contributed by atoms with Crippen LogP contribution in [0.2, 0.25) is 5.02 Å². The first-order valence-corrected chi connectivity index (χ1v) is 10.4. The van der Waals surface area contributed by atoms with Crippen molar-refractivity contribution in [1.29, 1.82) is 0 Å². The van der Waals surface area contributed by atoms with E-state index >= 15 is 0 Å². The summed E-state index contributed by atoms with van der Waals surface area (Å²) in [5, 5.41) is 10.7. The standard InChI is InChI=1S/C17H20ClN3O2S2/c18-13-6-4-12(5-7-13)16-17(20-25-19-16)24-11-15(23)21-9-2-1-3-14(21)8-10-22/h4-7,14,22H,1-3,8-11H2. The second-order valence-electron chi connectivity index (χ2n) is 5.96. The van der Waals surface area contributed by atoms with Crippen molar-refractivity contribution >= 4 is 41.0 Å². The first-order chi connectivity index (χ1) is 12.2. The first kappa shape index (κ1) is 18.6. The Labute approximate surface area is 160 Å². The predicted molar refractivity (Wildman–Crippen MR) is 102 cm³/mol. The fourth-order valence-electron chi connectivity index (χ4n) is 3.05. The van der Waals surface area contributed by atoms with Crippen LogP contribution in [0.1, 0.15) is 25.7 Å². The summed E-state index contributed by atoms with van der Waals surface area (Å²) in [6, 6.07) is 7.63. The molecule has 5 nitrogen and oxygen atoms in total. The van der Waals surface area contributed by atoms with E-state index in [1.54, 1.807) is 0 Å². The number of piperidine rings is 1. The van der Waals surface area contributed by atoms with Gasteiger partial charge in [-0.3, -0.25) is 4.79 Å². The highest BCUT2D eigenvalue weighted by Gasteiger charge is 2.26. The van der Waals surface area contributed by atoms with Crippen LogP contribution in [-0.2, 0) is 4.79 Å². The van der Waals surface area contributed by atoms with Gasteiger partial charge in [0.15, 0.2) is 0 Å². The molecule has 1 saturated heterocycles. The van der Waals surface area contributed by atoms with Crippen LogP contribution in [0, 0.1) is 0 Å². The quantitative estimate of drug-likeness (QED) is 0.752. The number of thioether (sulfide) groups is 1. The summed E-state index contributed by atoms with van der Waals surface area (Å²) in [5.41, 5.74) is 1.74. The largest absolute Gasteiger partial charge is 0.396 e. The van der Waals surface area contributed by atoms with Gasteiger partial charge >= 0.3 is 0 Å². The van der Waals surface area contributed by atoms with Gasteiger partial charge in [-0.15, -0.1) is 0 Å². The lowest BCUT2D eigenvalue weighted by Gasteiger charge is -2.35. The molecule has 0 aliphatic carbocycles. The number of aromatic nitrogens is 2. The van der Waals surface area contributed by atoms with Crippen LogP contribution in [0.15, 0.2) is 29.3 Å². The maximum atomic E-state index is 12.6. The topological polar surface area (TPSA) is 66.3 Å². The lowest BCUT2D eigenvalue weighted by molar-refractivity contribution is -0.132. The van der Waals surface area contributed by atoms with Gasteiger partial charge in [-0.2, -0.15) is 8.75 Å². The zero-order valence-electron chi connectivity index (χ0n) is 13.7. The summed E-state index contributed by atoms with van der Waals surface area (Å²) in [4.78, 5) is 14.6. The summed E-state index contributed by atoms with van der Waals surface area (Å²) in [7, 11) is 0. The third kappa shape index (κ3) is 4.73. The highest BCUT2D eigenvalue weighted by Crippen LogP contribution is 2.31. The average Bonchev–Trinajstić information content (AvgIpc) is 3.09. The summed E-state index contributed by atoms with van der Waals surface area (Å²) >= 11 is 8.51. The number of aliphatic hydroxyl groups is 1. The van der Waals surface area contributed by atoms with Crippen LogP contribution >= 0.6 is 35.1 Å². The minimum atomic E-state index is 0.109. The second kappa shape index (κ2) is 8.98. The number of benzene rings is 1. The van der Waals surface area contributed by atoms with Gasteiger partial charge < -0.3 is 10.0 Å². The van der Waals surface area contributed by atoms with Gasteiger partial charge in [-0.25, -0.2) is 0 Å². The molecule has 1 aliphatic heterocycles. The van der Waals surface area contributed by atoms with Gasteiger partial charge in [-0.05, 0) is 37.8 Å². The van der Waals surface area contributed by atoms with Gasteiger partial charge in [0.2, 0.25) is 5.91 Å². The fourth-order valence-corrected chi connectivity index (χ4v) is 4.75. The summed E-state index contributed by atoms with van der Waals surface area (Å²) < 4.78 is 8.70. The number of halogens is 1. The van der Waals surface area contributed by atoms with Crippen molar-refractivity contribution in [3.05, 3.63) is 29.3 Å². The molecule has 1 atom stereocenters. The molecule has 1 amide bonds. The van der Waals surface area contributed by atoms with Crippen molar-refractivity contribution in [2.45, 2.75) is 36.8 Å². The molecular formula is C17H20ClN3O2S2. The van der Waals surface area contributed by atoms with Crippen molar-refractivity contribution in [2.75, 3.05) is 18.9 Å². The van der Waals surface area contributed by atoms with Gasteiger partial charge in [-0.1, -0.05) is 35.5 Å². The normalized spacial score (nSPS) is 17.7. The molecule has 1 aromatic heterocycles. The van der Waals surface area contributed by atoms with E-state index in [9.17, 15) is 9.90 Å². The van der Waals surface area contributed by atoms with Crippen LogP contribution in [0.4, 0.5) is 0 Å². The molecule has 134 valence electrons. The van der Waals surface area contributed by atoms with Crippen molar-refractivity contribution in [1.82, 2.24) is 13.6 Å². The number of likely N-dealkylation sites (tertiary alicyclic amines) is 1. The van der Waals surface area contributed by atoms with E-state index in [0.29, 0.717) is 17.2 Å². The highest BCUT2D eigenvalue weighted by molar-refractivity contribution is 8.00. The Bertz CT molecular complexity index is 706. The molecule has 1 aromatic carbocycles. The Morgan fingerprint density at radius 1 is 1.32 bits per heavy atom. The van der Waals surface area contributed by atoms with E-state index in [0.717, 1.165) is 53.8 Å². The molecule has 0 bridgehead atoms. The third-order valence-electron chi connectivity index (χ3n) is 4.32. The number of carbonyl (C=O) groups excluding carboxylic acids is 1. The number of nitrogens with zero attached hydrogens (tertiary/aromatic N) is 3. The molecule has 0 saturated carbocycles. The first-order valence-electron chi connectivity index (χ1n) is 8.30. The van der Waals surface area contributed by atoms with Crippen LogP contribution < -0.4 is 0 Å². The number of carbonyl (C=O) groups is 1. The molecule has 1 aliphatic rings. The fraction of sp³-hybridized carbons (Fsp3) is 0.471. The Morgan fingerprint density at radius 2 is 2.12 bits per heavy atom. The Kier molecular flexibility index (Phi) is 6.70. The van der Waals surface area contributed by atoms with Crippen molar-refractivity contribution in [3.63, 3.8) is 0 Å². The zero-order valence-corrected chi connectivity index (χ0v) is 16.1.